The molecule has 1 saturated heterocycles. The third-order valence-corrected chi connectivity index (χ3v) is 4.98. The van der Waals surface area contributed by atoms with E-state index in [0.717, 1.165) is 12.8 Å². The highest BCUT2D eigenvalue weighted by molar-refractivity contribution is 6.15. The molecule has 1 aliphatic rings. The van der Waals surface area contributed by atoms with Crippen molar-refractivity contribution in [3.8, 4) is 0 Å². The van der Waals surface area contributed by atoms with E-state index in [2.05, 4.69) is 5.32 Å². The topological polar surface area (TPSA) is 66.5 Å². The number of nitrogens with zero attached hydrogens (tertiary/aromatic N) is 1. The lowest BCUT2D eigenvalue weighted by Crippen LogP contribution is -2.41. The van der Waals surface area contributed by atoms with Gasteiger partial charge in [-0.25, -0.2) is 0 Å². The van der Waals surface area contributed by atoms with Gasteiger partial charge in [0.25, 0.3) is 5.91 Å². The summed E-state index contributed by atoms with van der Waals surface area (Å²) in [5.41, 5.74) is 1.47. The summed E-state index contributed by atoms with van der Waals surface area (Å²) < 4.78 is 0. The minimum Gasteiger partial charge on any atom is -0.356 e. The average Bonchev–Trinajstić information content (AvgIpc) is 2.72. The monoisotopic (exact) mass is 364 g/mol. The van der Waals surface area contributed by atoms with Gasteiger partial charge in [-0.1, -0.05) is 48.5 Å². The van der Waals surface area contributed by atoms with Crippen LogP contribution in [0.1, 0.15) is 46.0 Å². The first-order chi connectivity index (χ1) is 13.1. The number of hydrogen-bond acceptors (Lipinski definition) is 3. The summed E-state index contributed by atoms with van der Waals surface area (Å²) >= 11 is 0. The summed E-state index contributed by atoms with van der Waals surface area (Å²) in [7, 11) is 0. The van der Waals surface area contributed by atoms with E-state index in [-0.39, 0.29) is 17.6 Å². The fourth-order valence-electron chi connectivity index (χ4n) is 3.41. The molecule has 0 atom stereocenters. The lowest BCUT2D eigenvalue weighted by Gasteiger charge is -2.32. The molecule has 0 aliphatic carbocycles. The van der Waals surface area contributed by atoms with Gasteiger partial charge in [0.15, 0.2) is 5.78 Å². The van der Waals surface area contributed by atoms with Crippen LogP contribution in [0.3, 0.4) is 0 Å². The van der Waals surface area contributed by atoms with Gasteiger partial charge in [-0.3, -0.25) is 14.4 Å². The summed E-state index contributed by atoms with van der Waals surface area (Å²) in [5, 5.41) is 2.85. The molecule has 0 spiro atoms. The number of amides is 2. The molecule has 1 N–H and O–H groups in total. The average molecular weight is 364 g/mol. The maximum absolute atomic E-state index is 13.0. The van der Waals surface area contributed by atoms with Gasteiger partial charge < -0.3 is 10.2 Å². The second kappa shape index (κ2) is 8.62. The first-order valence-corrected chi connectivity index (χ1v) is 9.28. The Morgan fingerprint density at radius 2 is 1.52 bits per heavy atom. The molecule has 5 nitrogen and oxygen atoms in total. The molecule has 1 fully saturated rings. The summed E-state index contributed by atoms with van der Waals surface area (Å²) in [4.78, 5) is 38.7. The number of ketones is 1. The first-order valence-electron chi connectivity index (χ1n) is 9.28. The van der Waals surface area contributed by atoms with Crippen LogP contribution in [0, 0.1) is 5.92 Å². The van der Waals surface area contributed by atoms with Gasteiger partial charge in [0, 0.05) is 37.7 Å². The molecular formula is C22H24N2O3. The second-order valence-electron chi connectivity index (χ2n) is 6.91. The molecule has 0 saturated carbocycles. The number of nitrogens with one attached hydrogen (secondary N) is 1. The lowest BCUT2D eigenvalue weighted by molar-refractivity contribution is -0.119. The summed E-state index contributed by atoms with van der Waals surface area (Å²) in [5.74, 6) is 0.119. The second-order valence-corrected chi connectivity index (χ2v) is 6.91. The molecule has 3 rings (SSSR count). The minimum atomic E-state index is -0.139. The van der Waals surface area contributed by atoms with Crippen LogP contribution in [0.5, 0.6) is 0 Å². The van der Waals surface area contributed by atoms with E-state index in [0.29, 0.717) is 42.2 Å². The van der Waals surface area contributed by atoms with Crippen LogP contribution in [-0.2, 0) is 4.79 Å². The Labute approximate surface area is 159 Å². The van der Waals surface area contributed by atoms with Gasteiger partial charge in [0.05, 0.1) is 5.56 Å². The predicted molar refractivity (Wildman–Crippen MR) is 104 cm³/mol. The number of rotatable bonds is 5. The van der Waals surface area contributed by atoms with Gasteiger partial charge >= 0.3 is 0 Å². The van der Waals surface area contributed by atoms with Crippen molar-refractivity contribution >= 4 is 17.6 Å². The Morgan fingerprint density at radius 3 is 2.15 bits per heavy atom. The third kappa shape index (κ3) is 4.61. The van der Waals surface area contributed by atoms with E-state index in [4.69, 9.17) is 0 Å². The van der Waals surface area contributed by atoms with E-state index in [1.54, 1.807) is 41.3 Å². The Kier molecular flexibility index (Phi) is 6.01. The normalized spacial score (nSPS) is 14.6. The lowest BCUT2D eigenvalue weighted by atomic mass is 9.94. The SMILES string of the molecule is CC(=O)NCC1CCN(C(=O)c2ccccc2C(=O)c2ccccc2)CC1. The van der Waals surface area contributed by atoms with Crippen molar-refractivity contribution in [3.63, 3.8) is 0 Å². The molecule has 2 aromatic carbocycles. The molecule has 5 heteroatoms. The quantitative estimate of drug-likeness (QED) is 0.830. The molecule has 0 unspecified atom stereocenters. The van der Waals surface area contributed by atoms with Crippen LogP contribution >= 0.6 is 0 Å². The standard InChI is InChI=1S/C22H24N2O3/c1-16(25)23-15-17-11-13-24(14-12-17)22(27)20-10-6-5-9-19(20)21(26)18-7-3-2-4-8-18/h2-10,17H,11-15H2,1H3,(H,23,25). The molecule has 0 radical (unpaired) electrons. The van der Waals surface area contributed by atoms with Crippen molar-refractivity contribution in [2.45, 2.75) is 19.8 Å². The van der Waals surface area contributed by atoms with Crippen molar-refractivity contribution in [2.24, 2.45) is 5.92 Å². The number of hydrogen-bond donors (Lipinski definition) is 1. The molecule has 1 heterocycles. The van der Waals surface area contributed by atoms with E-state index in [1.165, 1.54) is 6.92 Å². The first kappa shape index (κ1) is 18.8. The Hall–Kier alpha value is -2.95. The van der Waals surface area contributed by atoms with Gasteiger partial charge in [-0.2, -0.15) is 0 Å². The van der Waals surface area contributed by atoms with Crippen molar-refractivity contribution in [1.82, 2.24) is 10.2 Å². The van der Waals surface area contributed by atoms with E-state index in [9.17, 15) is 14.4 Å². The van der Waals surface area contributed by atoms with Crippen molar-refractivity contribution < 1.29 is 14.4 Å². The van der Waals surface area contributed by atoms with Crippen molar-refractivity contribution in [1.29, 1.82) is 0 Å². The van der Waals surface area contributed by atoms with Gasteiger partial charge in [0.2, 0.25) is 5.91 Å². The van der Waals surface area contributed by atoms with Crippen molar-refractivity contribution in [3.05, 3.63) is 71.3 Å². The number of benzene rings is 2. The van der Waals surface area contributed by atoms with Gasteiger partial charge in [0.1, 0.15) is 0 Å². The fourth-order valence-corrected chi connectivity index (χ4v) is 3.41. The minimum absolute atomic E-state index is 0.0261. The number of carbonyl (C=O) groups excluding carboxylic acids is 3. The van der Waals surface area contributed by atoms with Crippen LogP contribution < -0.4 is 5.32 Å². The largest absolute Gasteiger partial charge is 0.356 e. The smallest absolute Gasteiger partial charge is 0.254 e. The highest BCUT2D eigenvalue weighted by Crippen LogP contribution is 2.21. The molecular weight excluding hydrogens is 340 g/mol. The van der Waals surface area contributed by atoms with Crippen LogP contribution in [0.25, 0.3) is 0 Å². The van der Waals surface area contributed by atoms with E-state index >= 15 is 0 Å². The summed E-state index contributed by atoms with van der Waals surface area (Å²) in [6.45, 7) is 3.44. The van der Waals surface area contributed by atoms with Crippen LogP contribution in [0.15, 0.2) is 54.6 Å². The molecule has 0 bridgehead atoms. The van der Waals surface area contributed by atoms with Crippen LogP contribution in [-0.4, -0.2) is 42.1 Å². The fraction of sp³-hybridized carbons (Fsp3) is 0.318. The van der Waals surface area contributed by atoms with E-state index in [1.807, 2.05) is 18.2 Å². The molecule has 140 valence electrons. The predicted octanol–water partition coefficient (Wildman–Crippen LogP) is 2.91. The highest BCUT2D eigenvalue weighted by atomic mass is 16.2. The zero-order chi connectivity index (χ0) is 19.2. The number of likely N-dealkylation sites (tertiary alicyclic amines) is 1. The Morgan fingerprint density at radius 1 is 0.926 bits per heavy atom. The Balaban J connectivity index is 1.71. The third-order valence-electron chi connectivity index (χ3n) is 4.98. The van der Waals surface area contributed by atoms with Crippen molar-refractivity contribution in [2.75, 3.05) is 19.6 Å². The van der Waals surface area contributed by atoms with Crippen LogP contribution in [0.4, 0.5) is 0 Å². The summed E-state index contributed by atoms with van der Waals surface area (Å²) in [6.07, 6.45) is 1.70. The van der Waals surface area contributed by atoms with Crippen LogP contribution in [0.2, 0.25) is 0 Å². The Bertz CT molecular complexity index is 824. The highest BCUT2D eigenvalue weighted by Gasteiger charge is 2.26. The maximum atomic E-state index is 13.0. The van der Waals surface area contributed by atoms with Gasteiger partial charge in [-0.15, -0.1) is 0 Å². The maximum Gasteiger partial charge on any atom is 0.254 e. The number of carbonyl (C=O) groups is 3. The molecule has 27 heavy (non-hydrogen) atoms. The summed E-state index contributed by atoms with van der Waals surface area (Å²) in [6, 6.07) is 16.0. The van der Waals surface area contributed by atoms with E-state index < -0.39 is 0 Å². The number of piperidine rings is 1. The molecule has 1 aliphatic heterocycles. The van der Waals surface area contributed by atoms with Gasteiger partial charge in [-0.05, 0) is 24.8 Å². The zero-order valence-electron chi connectivity index (χ0n) is 15.5. The molecule has 2 aromatic rings. The molecule has 2 amide bonds. The zero-order valence-corrected chi connectivity index (χ0v) is 15.5. The molecule has 0 aromatic heterocycles.